The summed E-state index contributed by atoms with van der Waals surface area (Å²) in [5, 5.41) is 1.41. The molecule has 1 heterocycles. The van der Waals surface area contributed by atoms with Crippen LogP contribution in [0.1, 0.15) is 53.0 Å². The van der Waals surface area contributed by atoms with Crippen LogP contribution in [0.5, 0.6) is 11.5 Å². The topological polar surface area (TPSA) is 92.8 Å². The van der Waals surface area contributed by atoms with Gasteiger partial charge >= 0.3 is 5.97 Å². The maximum Gasteiger partial charge on any atom is 0.341 e. The van der Waals surface area contributed by atoms with Gasteiger partial charge in [-0.1, -0.05) is 50.6 Å². The molecular formula is C31H36N2O5. The molecule has 38 heavy (non-hydrogen) atoms. The molecule has 0 aliphatic carbocycles. The fourth-order valence-corrected chi connectivity index (χ4v) is 4.28. The summed E-state index contributed by atoms with van der Waals surface area (Å²) in [7, 11) is 4.90. The van der Waals surface area contributed by atoms with Crippen molar-refractivity contribution in [2.75, 3.05) is 20.8 Å². The molecule has 1 aromatic heterocycles. The Labute approximate surface area is 224 Å². The van der Waals surface area contributed by atoms with Crippen molar-refractivity contribution in [3.63, 3.8) is 0 Å². The molecule has 4 rings (SSSR count). The molecule has 1 amide bonds. The van der Waals surface area contributed by atoms with Crippen molar-refractivity contribution >= 4 is 22.8 Å². The number of benzene rings is 3. The molecule has 4 aromatic rings. The highest BCUT2D eigenvalue weighted by Crippen LogP contribution is 2.31. The van der Waals surface area contributed by atoms with E-state index in [0.717, 1.165) is 17.5 Å². The summed E-state index contributed by atoms with van der Waals surface area (Å²) in [6.45, 7) is 4.70. The minimum atomic E-state index is -0.564. The Morgan fingerprint density at radius 2 is 1.58 bits per heavy atom. The summed E-state index contributed by atoms with van der Waals surface area (Å²) in [6, 6.07) is 18.9. The zero-order valence-corrected chi connectivity index (χ0v) is 22.7. The van der Waals surface area contributed by atoms with Gasteiger partial charge in [-0.2, -0.15) is 0 Å². The van der Waals surface area contributed by atoms with Crippen LogP contribution in [-0.4, -0.2) is 37.3 Å². The number of esters is 1. The van der Waals surface area contributed by atoms with Gasteiger partial charge < -0.3 is 24.5 Å². The van der Waals surface area contributed by atoms with Crippen LogP contribution >= 0.6 is 0 Å². The molecule has 0 bridgehead atoms. The van der Waals surface area contributed by atoms with Crippen LogP contribution in [-0.2, 0) is 18.2 Å². The quantitative estimate of drug-likeness (QED) is 0.269. The lowest BCUT2D eigenvalue weighted by atomic mass is 10.00. The largest absolute Gasteiger partial charge is 0.496 e. The number of ether oxygens (including phenoxy) is 3. The van der Waals surface area contributed by atoms with Crippen molar-refractivity contribution in [1.29, 1.82) is 0 Å². The molecule has 2 N–H and O–H groups in total. The molecule has 0 fully saturated rings. The predicted octanol–water partition coefficient (Wildman–Crippen LogP) is 6.17. The molecule has 0 atom stereocenters. The van der Waals surface area contributed by atoms with Crippen molar-refractivity contribution in [3.05, 3.63) is 83.6 Å². The van der Waals surface area contributed by atoms with Crippen LogP contribution in [0.15, 0.2) is 66.9 Å². The second-order valence-electron chi connectivity index (χ2n) is 8.86. The number of para-hydroxylation sites is 1. The zero-order valence-electron chi connectivity index (χ0n) is 22.7. The maximum absolute atomic E-state index is 11.7. The maximum atomic E-state index is 11.7. The fraction of sp³-hybridized carbons (Fsp3) is 0.290. The smallest absolute Gasteiger partial charge is 0.341 e. The van der Waals surface area contributed by atoms with Gasteiger partial charge in [0.05, 0.1) is 26.4 Å². The third kappa shape index (κ3) is 6.54. The van der Waals surface area contributed by atoms with Crippen molar-refractivity contribution in [2.24, 2.45) is 12.8 Å². The lowest BCUT2D eigenvalue weighted by Gasteiger charge is -2.12. The van der Waals surface area contributed by atoms with Gasteiger partial charge in [-0.05, 0) is 59.9 Å². The van der Waals surface area contributed by atoms with E-state index in [2.05, 4.69) is 49.0 Å². The van der Waals surface area contributed by atoms with Crippen LogP contribution in [0.4, 0.5) is 0 Å². The number of fused-ring (bicyclic) bond motifs is 1. The van der Waals surface area contributed by atoms with Gasteiger partial charge in [0.1, 0.15) is 17.1 Å². The van der Waals surface area contributed by atoms with Crippen molar-refractivity contribution < 1.29 is 23.8 Å². The van der Waals surface area contributed by atoms with E-state index in [1.54, 1.807) is 30.3 Å². The van der Waals surface area contributed by atoms with E-state index in [9.17, 15) is 9.59 Å². The number of aryl methyl sites for hydroxylation is 2. The second kappa shape index (κ2) is 13.3. The summed E-state index contributed by atoms with van der Waals surface area (Å²) in [4.78, 5) is 23.5. The lowest BCUT2D eigenvalue weighted by molar-refractivity contribution is 0.0597. The van der Waals surface area contributed by atoms with E-state index < -0.39 is 11.9 Å². The molecule has 200 valence electrons. The first-order valence-corrected chi connectivity index (χ1v) is 12.7. The SMILES string of the molecule is CCCOc1ccc(-c2ccc(C(=O)OC)c(OC)c2)cc1C(N)=O.CCCc1cn(C)c2ccccc12. The highest BCUT2D eigenvalue weighted by Gasteiger charge is 2.16. The molecule has 0 aliphatic rings. The second-order valence-corrected chi connectivity index (χ2v) is 8.86. The average Bonchev–Trinajstić information content (AvgIpc) is 3.26. The Balaban J connectivity index is 0.000000256. The number of hydrogen-bond donors (Lipinski definition) is 1. The first-order chi connectivity index (χ1) is 18.3. The first-order valence-electron chi connectivity index (χ1n) is 12.7. The van der Waals surface area contributed by atoms with Crippen molar-refractivity contribution in [2.45, 2.75) is 33.1 Å². The van der Waals surface area contributed by atoms with Gasteiger partial charge in [-0.3, -0.25) is 4.79 Å². The molecular weight excluding hydrogens is 480 g/mol. The monoisotopic (exact) mass is 516 g/mol. The molecule has 0 saturated heterocycles. The van der Waals surface area contributed by atoms with Gasteiger partial charge in [0.15, 0.2) is 0 Å². The first kappa shape index (κ1) is 28.3. The highest BCUT2D eigenvalue weighted by molar-refractivity contribution is 5.97. The van der Waals surface area contributed by atoms with Crippen LogP contribution in [0.3, 0.4) is 0 Å². The molecule has 3 aromatic carbocycles. The van der Waals surface area contributed by atoms with E-state index in [0.29, 0.717) is 29.2 Å². The van der Waals surface area contributed by atoms with Crippen LogP contribution in [0, 0.1) is 0 Å². The molecule has 0 aliphatic heterocycles. The standard InChI is InChI=1S/C19H21NO5.C12H15N/c1-4-9-25-16-8-6-12(10-15(16)18(20)21)13-5-7-14(19(22)24-3)17(11-13)23-2;1-3-6-10-9-13(2)12-8-5-4-7-11(10)12/h5-8,10-11H,4,9H2,1-3H3,(H2,20,21);4-5,7-9H,3,6H2,1-2H3. The van der Waals surface area contributed by atoms with Crippen LogP contribution in [0.2, 0.25) is 0 Å². The van der Waals surface area contributed by atoms with E-state index in [1.807, 2.05) is 13.0 Å². The molecule has 7 nitrogen and oxygen atoms in total. The van der Waals surface area contributed by atoms with E-state index in [-0.39, 0.29) is 0 Å². The Hall–Kier alpha value is -4.26. The average molecular weight is 517 g/mol. The van der Waals surface area contributed by atoms with E-state index >= 15 is 0 Å². The predicted molar refractivity (Wildman–Crippen MR) is 151 cm³/mol. The Morgan fingerprint density at radius 1 is 0.868 bits per heavy atom. The van der Waals surface area contributed by atoms with Crippen LogP contribution < -0.4 is 15.2 Å². The molecule has 0 saturated carbocycles. The number of rotatable bonds is 9. The molecule has 7 heteroatoms. The summed E-state index contributed by atoms with van der Waals surface area (Å²) < 4.78 is 17.8. The van der Waals surface area contributed by atoms with Gasteiger partial charge in [0.25, 0.3) is 5.91 Å². The van der Waals surface area contributed by atoms with Crippen molar-refractivity contribution in [3.8, 4) is 22.6 Å². The fourth-order valence-electron chi connectivity index (χ4n) is 4.28. The number of aromatic nitrogens is 1. The van der Waals surface area contributed by atoms with Crippen LogP contribution in [0.25, 0.3) is 22.0 Å². The van der Waals surface area contributed by atoms with Gasteiger partial charge in [-0.15, -0.1) is 0 Å². The minimum Gasteiger partial charge on any atom is -0.496 e. The minimum absolute atomic E-state index is 0.307. The molecule has 0 unspecified atom stereocenters. The molecule has 0 spiro atoms. The normalized spacial score (nSPS) is 10.4. The Bertz CT molecular complexity index is 1410. The van der Waals surface area contributed by atoms with Crippen molar-refractivity contribution in [1.82, 2.24) is 4.57 Å². The number of nitrogens with two attached hydrogens (primary N) is 1. The number of carbonyl (C=O) groups is 2. The Kier molecular flexibility index (Phi) is 9.93. The lowest BCUT2D eigenvalue weighted by Crippen LogP contribution is -2.13. The Morgan fingerprint density at radius 3 is 2.24 bits per heavy atom. The number of methoxy groups -OCH3 is 2. The number of hydrogen-bond acceptors (Lipinski definition) is 5. The summed E-state index contributed by atoms with van der Waals surface area (Å²) in [5.41, 5.74) is 10.4. The highest BCUT2D eigenvalue weighted by atomic mass is 16.5. The third-order valence-electron chi connectivity index (χ3n) is 6.15. The zero-order chi connectivity index (χ0) is 27.7. The number of primary amides is 1. The summed E-state index contributed by atoms with van der Waals surface area (Å²) in [6.07, 6.45) is 5.47. The summed E-state index contributed by atoms with van der Waals surface area (Å²) in [5.74, 6) is -0.205. The third-order valence-corrected chi connectivity index (χ3v) is 6.15. The van der Waals surface area contributed by atoms with E-state index in [1.165, 1.54) is 43.5 Å². The van der Waals surface area contributed by atoms with Gasteiger partial charge in [0.2, 0.25) is 0 Å². The van der Waals surface area contributed by atoms with Gasteiger partial charge in [-0.25, -0.2) is 4.79 Å². The molecule has 0 radical (unpaired) electrons. The van der Waals surface area contributed by atoms with E-state index in [4.69, 9.17) is 19.9 Å². The van der Waals surface area contributed by atoms with Gasteiger partial charge in [0, 0.05) is 24.1 Å². The number of nitrogens with zero attached hydrogens (tertiary/aromatic N) is 1. The summed E-state index contributed by atoms with van der Waals surface area (Å²) >= 11 is 0. The number of carbonyl (C=O) groups excluding carboxylic acids is 2. The number of amides is 1.